The minimum Gasteiger partial charge on any atom is -0.466 e. The quantitative estimate of drug-likeness (QED) is 0.288. The van der Waals surface area contributed by atoms with Gasteiger partial charge >= 0.3 is 11.9 Å². The molecule has 4 rings (SSSR count). The highest BCUT2D eigenvalue weighted by Crippen LogP contribution is 2.30. The molecular weight excluding hydrogens is 498 g/mol. The molecule has 0 aromatic heterocycles. The first-order chi connectivity index (χ1) is 18.6. The van der Waals surface area contributed by atoms with Gasteiger partial charge in [-0.3, -0.25) is 15.0 Å². The molecule has 0 spiro atoms. The molecule has 39 heavy (non-hydrogen) atoms. The summed E-state index contributed by atoms with van der Waals surface area (Å²) in [5, 5.41) is 13.1. The molecule has 2 aromatic rings. The molecule has 208 valence electrons. The van der Waals surface area contributed by atoms with E-state index in [0.29, 0.717) is 16.8 Å². The van der Waals surface area contributed by atoms with Crippen molar-refractivity contribution < 1.29 is 24.0 Å². The number of methoxy groups -OCH3 is 1. The molecule has 2 heterocycles. The van der Waals surface area contributed by atoms with E-state index in [1.165, 1.54) is 24.8 Å². The van der Waals surface area contributed by atoms with Crippen LogP contribution >= 0.6 is 0 Å². The fraction of sp³-hybridized carbons (Fsp3) is 0.400. The maximum absolute atomic E-state index is 12.9. The number of ether oxygens (including phenoxy) is 2. The Balaban J connectivity index is 0.000000395. The molecule has 1 fully saturated rings. The summed E-state index contributed by atoms with van der Waals surface area (Å²) in [4.78, 5) is 36.9. The molecule has 2 aliphatic heterocycles. The number of likely N-dealkylation sites (tertiary alicyclic amines) is 1. The van der Waals surface area contributed by atoms with Gasteiger partial charge in [0.05, 0.1) is 23.2 Å². The van der Waals surface area contributed by atoms with E-state index in [1.54, 1.807) is 18.2 Å². The number of nitro groups is 1. The lowest BCUT2D eigenvalue weighted by Gasteiger charge is -2.28. The lowest BCUT2D eigenvalue weighted by molar-refractivity contribution is -0.384. The Kier molecular flexibility index (Phi) is 10.4. The molecule has 0 aliphatic carbocycles. The summed E-state index contributed by atoms with van der Waals surface area (Å²) in [6.45, 7) is 8.27. The fourth-order valence-electron chi connectivity index (χ4n) is 4.73. The van der Waals surface area contributed by atoms with Crippen LogP contribution in [0.3, 0.4) is 0 Å². The normalized spacial score (nSPS) is 19.1. The maximum atomic E-state index is 12.9. The van der Waals surface area contributed by atoms with Gasteiger partial charge in [-0.05, 0) is 45.7 Å². The van der Waals surface area contributed by atoms with Crippen LogP contribution in [0.5, 0.6) is 0 Å². The first-order valence-corrected chi connectivity index (χ1v) is 13.1. The summed E-state index contributed by atoms with van der Waals surface area (Å²) < 4.78 is 10.8. The zero-order valence-electron chi connectivity index (χ0n) is 23.1. The van der Waals surface area contributed by atoms with Gasteiger partial charge < -0.3 is 14.8 Å². The van der Waals surface area contributed by atoms with Crippen LogP contribution in [0.15, 0.2) is 83.2 Å². The number of allylic oxidation sites excluding steroid dienone is 2. The highest BCUT2D eigenvalue weighted by atomic mass is 16.6. The molecule has 1 unspecified atom stereocenters. The number of dihydropyridines is 1. The van der Waals surface area contributed by atoms with Gasteiger partial charge in [-0.25, -0.2) is 9.59 Å². The molecule has 0 radical (unpaired) electrons. The fourth-order valence-corrected chi connectivity index (χ4v) is 4.73. The molecule has 1 atom stereocenters. The van der Waals surface area contributed by atoms with E-state index in [1.807, 2.05) is 26.8 Å². The molecular formula is C30H37N3O6. The molecule has 0 saturated carbocycles. The standard InChI is InChI=1S/C24H32N2O4.C6H5NO2/c1-17-20(22(27)29-4)15-21(18(2)25-17)23(28)30-24(3)12-14-26(16-24)13-8-11-19-9-6-5-7-10-19;8-7(9)6-4-2-1-3-5-6/h5-7,9-10,25H,8,11-16H2,1-4H3;1-5H. The van der Waals surface area contributed by atoms with E-state index in [2.05, 4.69) is 34.5 Å². The lowest BCUT2D eigenvalue weighted by Crippen LogP contribution is -2.37. The van der Waals surface area contributed by atoms with Crippen molar-refractivity contribution in [1.29, 1.82) is 0 Å². The molecule has 0 amide bonds. The average Bonchev–Trinajstić information content (AvgIpc) is 3.29. The molecule has 0 bridgehead atoms. The number of nitrogens with one attached hydrogen (secondary N) is 1. The number of esters is 2. The zero-order chi connectivity index (χ0) is 28.4. The third-order valence-electron chi connectivity index (χ3n) is 6.92. The molecule has 9 nitrogen and oxygen atoms in total. The highest BCUT2D eigenvalue weighted by Gasteiger charge is 2.38. The Morgan fingerprint density at radius 3 is 2.15 bits per heavy atom. The Morgan fingerprint density at radius 2 is 1.59 bits per heavy atom. The summed E-state index contributed by atoms with van der Waals surface area (Å²) in [5.41, 5.74) is 3.37. The van der Waals surface area contributed by atoms with Gasteiger partial charge in [0.25, 0.3) is 5.69 Å². The van der Waals surface area contributed by atoms with E-state index < -0.39 is 16.5 Å². The predicted octanol–water partition coefficient (Wildman–Crippen LogP) is 4.94. The Hall–Kier alpha value is -3.98. The topological polar surface area (TPSA) is 111 Å². The highest BCUT2D eigenvalue weighted by molar-refractivity contribution is 5.96. The number of rotatable bonds is 8. The number of para-hydroxylation sites is 1. The average molecular weight is 536 g/mol. The van der Waals surface area contributed by atoms with Gasteiger partial charge in [0.2, 0.25) is 0 Å². The van der Waals surface area contributed by atoms with Crippen molar-refractivity contribution in [3.63, 3.8) is 0 Å². The van der Waals surface area contributed by atoms with Crippen LogP contribution < -0.4 is 5.32 Å². The van der Waals surface area contributed by atoms with Gasteiger partial charge in [-0.2, -0.15) is 0 Å². The monoisotopic (exact) mass is 535 g/mol. The molecule has 9 heteroatoms. The first kappa shape index (κ1) is 29.6. The summed E-state index contributed by atoms with van der Waals surface area (Å²) in [6.07, 6.45) is 3.16. The summed E-state index contributed by atoms with van der Waals surface area (Å²) >= 11 is 0. The van der Waals surface area contributed by atoms with Gasteiger partial charge in [-0.15, -0.1) is 0 Å². The number of carbonyl (C=O) groups is 2. The second-order valence-corrected chi connectivity index (χ2v) is 10.0. The third kappa shape index (κ3) is 8.51. The van der Waals surface area contributed by atoms with E-state index >= 15 is 0 Å². The largest absolute Gasteiger partial charge is 0.466 e. The van der Waals surface area contributed by atoms with Crippen LogP contribution in [0.2, 0.25) is 0 Å². The van der Waals surface area contributed by atoms with Gasteiger partial charge in [0.15, 0.2) is 0 Å². The molecule has 2 aliphatic rings. The number of carbonyl (C=O) groups excluding carboxylic acids is 2. The number of aryl methyl sites for hydroxylation is 1. The number of nitro benzene ring substituents is 1. The second kappa shape index (κ2) is 13.7. The lowest BCUT2D eigenvalue weighted by atomic mass is 9.97. The van der Waals surface area contributed by atoms with Crippen LogP contribution in [0.25, 0.3) is 0 Å². The summed E-state index contributed by atoms with van der Waals surface area (Å²) in [6, 6.07) is 18.4. The van der Waals surface area contributed by atoms with Crippen molar-refractivity contribution in [2.24, 2.45) is 0 Å². The van der Waals surface area contributed by atoms with E-state index in [0.717, 1.165) is 44.6 Å². The van der Waals surface area contributed by atoms with Crippen LogP contribution in [-0.4, -0.2) is 54.1 Å². The third-order valence-corrected chi connectivity index (χ3v) is 6.92. The smallest absolute Gasteiger partial charge is 0.336 e. The molecule has 1 N–H and O–H groups in total. The van der Waals surface area contributed by atoms with E-state index in [4.69, 9.17) is 9.47 Å². The second-order valence-electron chi connectivity index (χ2n) is 10.0. The number of hydrogen-bond donors (Lipinski definition) is 1. The van der Waals surface area contributed by atoms with Crippen molar-refractivity contribution >= 4 is 17.6 Å². The minimum atomic E-state index is -0.515. The molecule has 2 aromatic carbocycles. The van der Waals surface area contributed by atoms with Crippen molar-refractivity contribution in [2.45, 2.75) is 52.1 Å². The van der Waals surface area contributed by atoms with Gasteiger partial charge in [-0.1, -0.05) is 48.5 Å². The minimum absolute atomic E-state index is 0.137. The van der Waals surface area contributed by atoms with Gasteiger partial charge in [0, 0.05) is 49.5 Å². The Labute approximate surface area is 229 Å². The van der Waals surface area contributed by atoms with Crippen molar-refractivity contribution in [3.8, 4) is 0 Å². The van der Waals surface area contributed by atoms with Crippen molar-refractivity contribution in [1.82, 2.24) is 10.2 Å². The number of benzene rings is 2. The van der Waals surface area contributed by atoms with Crippen LogP contribution in [0.1, 0.15) is 45.6 Å². The first-order valence-electron chi connectivity index (χ1n) is 13.1. The number of non-ortho nitro benzene ring substituents is 1. The summed E-state index contributed by atoms with van der Waals surface area (Å²) in [7, 11) is 1.34. The number of hydrogen-bond acceptors (Lipinski definition) is 8. The molecule has 1 saturated heterocycles. The zero-order valence-corrected chi connectivity index (χ0v) is 23.1. The van der Waals surface area contributed by atoms with Crippen LogP contribution in [0, 0.1) is 10.1 Å². The SMILES string of the molecule is COC(=O)C1=C(C)NC(C)=C(C(=O)OC2(C)CCN(CCCc3ccccc3)C2)C1.O=[N+]([O-])c1ccccc1. The van der Waals surface area contributed by atoms with Gasteiger partial charge in [0.1, 0.15) is 5.60 Å². The van der Waals surface area contributed by atoms with Crippen molar-refractivity contribution in [2.75, 3.05) is 26.7 Å². The Morgan fingerprint density at radius 1 is 1.00 bits per heavy atom. The van der Waals surface area contributed by atoms with E-state index in [-0.39, 0.29) is 18.1 Å². The van der Waals surface area contributed by atoms with Crippen LogP contribution in [0.4, 0.5) is 5.69 Å². The van der Waals surface area contributed by atoms with Crippen LogP contribution in [-0.2, 0) is 25.5 Å². The number of nitrogens with zero attached hydrogens (tertiary/aromatic N) is 2. The van der Waals surface area contributed by atoms with E-state index in [9.17, 15) is 19.7 Å². The Bertz CT molecular complexity index is 1230. The summed E-state index contributed by atoms with van der Waals surface area (Å²) in [5.74, 6) is -0.781. The van der Waals surface area contributed by atoms with Crippen molar-refractivity contribution in [3.05, 3.63) is 98.9 Å². The predicted molar refractivity (Wildman–Crippen MR) is 149 cm³/mol. The maximum Gasteiger partial charge on any atom is 0.336 e.